The van der Waals surface area contributed by atoms with Crippen molar-refractivity contribution in [2.24, 2.45) is 0 Å². The van der Waals surface area contributed by atoms with E-state index in [1.54, 1.807) is 0 Å². The number of rotatable bonds is 4. The summed E-state index contributed by atoms with van der Waals surface area (Å²) in [5, 5.41) is 3.34. The van der Waals surface area contributed by atoms with Gasteiger partial charge in [-0.25, -0.2) is 0 Å². The maximum atomic E-state index is 11.3. The second-order valence-corrected chi connectivity index (χ2v) is 5.06. The zero-order valence-electron chi connectivity index (χ0n) is 10.3. The van der Waals surface area contributed by atoms with Crippen molar-refractivity contribution in [1.82, 2.24) is 10.2 Å². The molecule has 0 aliphatic carbocycles. The normalized spacial score (nSPS) is 23.5. The van der Waals surface area contributed by atoms with Gasteiger partial charge in [-0.2, -0.15) is 0 Å². The maximum absolute atomic E-state index is 11.3. The van der Waals surface area contributed by atoms with E-state index in [2.05, 4.69) is 12.4 Å². The van der Waals surface area contributed by atoms with E-state index in [0.29, 0.717) is 6.54 Å². The number of carbonyl (C=O) groups excluding carboxylic acids is 2. The minimum Gasteiger partial charge on any atom is -0.324 e. The monoisotopic (exact) mass is 238 g/mol. The van der Waals surface area contributed by atoms with Crippen LogP contribution in [0.1, 0.15) is 6.42 Å². The summed E-state index contributed by atoms with van der Waals surface area (Å²) in [4.78, 5) is 24.0. The van der Waals surface area contributed by atoms with Crippen molar-refractivity contribution in [2.75, 3.05) is 46.3 Å². The van der Waals surface area contributed by atoms with Gasteiger partial charge in [0.15, 0.2) is 0 Å². The van der Waals surface area contributed by atoms with Gasteiger partial charge in [0.25, 0.3) is 11.8 Å². The predicted molar refractivity (Wildman–Crippen MR) is 64.1 cm³/mol. The van der Waals surface area contributed by atoms with Crippen LogP contribution in [0.25, 0.3) is 0 Å². The lowest BCUT2D eigenvalue weighted by Gasteiger charge is -2.38. The molecule has 0 radical (unpaired) electrons. The van der Waals surface area contributed by atoms with E-state index in [9.17, 15) is 9.59 Å². The number of imide groups is 1. The van der Waals surface area contributed by atoms with Gasteiger partial charge in [0.1, 0.15) is 0 Å². The van der Waals surface area contributed by atoms with Crippen molar-refractivity contribution in [3.8, 4) is 0 Å². The molecule has 0 aromatic rings. The molecule has 5 heteroatoms. The molecule has 17 heavy (non-hydrogen) atoms. The van der Waals surface area contributed by atoms with Gasteiger partial charge >= 0.3 is 0 Å². The Hall–Kier alpha value is -1.20. The Kier molecular flexibility index (Phi) is 3.59. The number of quaternary nitrogens is 1. The molecular weight excluding hydrogens is 218 g/mol. The molecule has 2 aliphatic heterocycles. The van der Waals surface area contributed by atoms with Crippen LogP contribution in [0, 0.1) is 0 Å². The molecule has 0 aromatic heterocycles. The van der Waals surface area contributed by atoms with E-state index in [1.807, 2.05) is 0 Å². The Labute approximate surface area is 102 Å². The van der Waals surface area contributed by atoms with Crippen LogP contribution in [0.4, 0.5) is 0 Å². The van der Waals surface area contributed by atoms with E-state index in [1.165, 1.54) is 17.1 Å². The largest absolute Gasteiger partial charge is 0.324 e. The molecule has 5 nitrogen and oxygen atoms in total. The second-order valence-electron chi connectivity index (χ2n) is 5.06. The first-order valence-corrected chi connectivity index (χ1v) is 6.19. The summed E-state index contributed by atoms with van der Waals surface area (Å²) in [6, 6.07) is 0. The molecule has 94 valence electrons. The second kappa shape index (κ2) is 4.98. The van der Waals surface area contributed by atoms with E-state index >= 15 is 0 Å². The van der Waals surface area contributed by atoms with Crippen LogP contribution in [-0.2, 0) is 9.59 Å². The SMILES string of the molecule is C[N+]1(CCCN2C(=O)C=CC2=O)CCNCC1. The van der Waals surface area contributed by atoms with Crippen molar-refractivity contribution in [3.63, 3.8) is 0 Å². The van der Waals surface area contributed by atoms with Gasteiger partial charge in [-0.15, -0.1) is 0 Å². The fourth-order valence-electron chi connectivity index (χ4n) is 2.42. The Morgan fingerprint density at radius 1 is 1.24 bits per heavy atom. The lowest BCUT2D eigenvalue weighted by molar-refractivity contribution is -0.911. The summed E-state index contributed by atoms with van der Waals surface area (Å²) in [6.07, 6.45) is 3.59. The van der Waals surface area contributed by atoms with Crippen LogP contribution in [0.2, 0.25) is 0 Å². The summed E-state index contributed by atoms with van der Waals surface area (Å²) in [6.45, 7) is 5.93. The van der Waals surface area contributed by atoms with Crippen LogP contribution in [-0.4, -0.2) is 67.5 Å². The molecule has 2 aliphatic rings. The molecule has 2 rings (SSSR count). The van der Waals surface area contributed by atoms with Crippen LogP contribution in [0.15, 0.2) is 12.2 Å². The van der Waals surface area contributed by atoms with Gasteiger partial charge in [0.05, 0.1) is 26.7 Å². The van der Waals surface area contributed by atoms with Crippen molar-refractivity contribution in [3.05, 3.63) is 12.2 Å². The quantitative estimate of drug-likeness (QED) is 0.523. The molecule has 2 heterocycles. The van der Waals surface area contributed by atoms with E-state index in [-0.39, 0.29) is 11.8 Å². The predicted octanol–water partition coefficient (Wildman–Crippen LogP) is -0.649. The summed E-state index contributed by atoms with van der Waals surface area (Å²) in [5.41, 5.74) is 0. The maximum Gasteiger partial charge on any atom is 0.253 e. The summed E-state index contributed by atoms with van der Waals surface area (Å²) in [7, 11) is 2.24. The van der Waals surface area contributed by atoms with Crippen molar-refractivity contribution >= 4 is 11.8 Å². The fourth-order valence-corrected chi connectivity index (χ4v) is 2.42. The van der Waals surface area contributed by atoms with Crippen molar-refractivity contribution in [1.29, 1.82) is 0 Å². The smallest absolute Gasteiger partial charge is 0.253 e. The lowest BCUT2D eigenvalue weighted by atomic mass is 10.2. The van der Waals surface area contributed by atoms with E-state index < -0.39 is 0 Å². The number of nitrogens with zero attached hydrogens (tertiary/aromatic N) is 2. The highest BCUT2D eigenvalue weighted by Crippen LogP contribution is 2.09. The van der Waals surface area contributed by atoms with Crippen LogP contribution >= 0.6 is 0 Å². The Balaban J connectivity index is 1.76. The lowest BCUT2D eigenvalue weighted by Crippen LogP contribution is -2.56. The number of amides is 2. The zero-order chi connectivity index (χ0) is 12.3. The van der Waals surface area contributed by atoms with Gasteiger partial charge < -0.3 is 9.80 Å². The first kappa shape index (κ1) is 12.3. The molecule has 2 amide bonds. The third-order valence-corrected chi connectivity index (χ3v) is 3.64. The average molecular weight is 238 g/mol. The van der Waals surface area contributed by atoms with E-state index in [0.717, 1.165) is 43.6 Å². The highest BCUT2D eigenvalue weighted by molar-refractivity contribution is 6.12. The van der Waals surface area contributed by atoms with Crippen LogP contribution in [0.5, 0.6) is 0 Å². The van der Waals surface area contributed by atoms with Gasteiger partial charge in [-0.1, -0.05) is 0 Å². The van der Waals surface area contributed by atoms with Gasteiger partial charge in [0, 0.05) is 38.2 Å². The zero-order valence-corrected chi connectivity index (χ0v) is 10.3. The molecule has 0 bridgehead atoms. The van der Waals surface area contributed by atoms with Gasteiger partial charge in [-0.3, -0.25) is 14.5 Å². The number of hydrogen-bond acceptors (Lipinski definition) is 3. The molecule has 1 N–H and O–H groups in total. The molecule has 0 aromatic carbocycles. The Morgan fingerprint density at radius 2 is 1.82 bits per heavy atom. The Morgan fingerprint density at radius 3 is 2.41 bits per heavy atom. The fraction of sp³-hybridized carbons (Fsp3) is 0.667. The third-order valence-electron chi connectivity index (χ3n) is 3.64. The number of likely N-dealkylation sites (N-methyl/N-ethyl adjacent to an activating group) is 1. The highest BCUT2D eigenvalue weighted by Gasteiger charge is 2.26. The third kappa shape index (κ3) is 2.92. The van der Waals surface area contributed by atoms with Gasteiger partial charge in [0.2, 0.25) is 0 Å². The molecule has 0 spiro atoms. The topological polar surface area (TPSA) is 49.4 Å². The van der Waals surface area contributed by atoms with Crippen LogP contribution in [0.3, 0.4) is 0 Å². The standard InChI is InChI=1S/C12H20N3O2/c1-15(9-5-13-6-10-15)8-2-7-14-11(16)3-4-12(14)17/h3-4,13H,2,5-10H2,1H3/q+1. The summed E-state index contributed by atoms with van der Waals surface area (Å²) >= 11 is 0. The summed E-state index contributed by atoms with van der Waals surface area (Å²) < 4.78 is 1.04. The molecule has 0 atom stereocenters. The highest BCUT2D eigenvalue weighted by atomic mass is 16.2. The number of piperazine rings is 1. The molecule has 1 saturated heterocycles. The Bertz CT molecular complexity index is 328. The van der Waals surface area contributed by atoms with Crippen molar-refractivity contribution < 1.29 is 14.1 Å². The van der Waals surface area contributed by atoms with Gasteiger partial charge in [-0.05, 0) is 0 Å². The van der Waals surface area contributed by atoms with Crippen LogP contribution < -0.4 is 5.32 Å². The minimum atomic E-state index is -0.169. The van der Waals surface area contributed by atoms with Crippen molar-refractivity contribution in [2.45, 2.75) is 6.42 Å². The number of carbonyl (C=O) groups is 2. The first-order chi connectivity index (χ1) is 8.11. The molecule has 0 unspecified atom stereocenters. The molecule has 0 saturated carbocycles. The number of nitrogens with one attached hydrogen (secondary N) is 1. The number of hydrogen-bond donors (Lipinski definition) is 1. The first-order valence-electron chi connectivity index (χ1n) is 6.19. The molecule has 1 fully saturated rings. The average Bonchev–Trinajstić information content (AvgIpc) is 2.61. The molecular formula is C12H20N3O2+. The summed E-state index contributed by atoms with van der Waals surface area (Å²) in [5.74, 6) is -0.337. The van der Waals surface area contributed by atoms with E-state index in [4.69, 9.17) is 0 Å². The minimum absolute atomic E-state index is 0.169.